The Hall–Kier alpha value is -2.40. The van der Waals surface area contributed by atoms with Gasteiger partial charge < -0.3 is 14.9 Å². The molecule has 0 unspecified atom stereocenters. The first kappa shape index (κ1) is 12.6. The van der Waals surface area contributed by atoms with E-state index in [0.29, 0.717) is 17.8 Å². The van der Waals surface area contributed by atoms with Crippen molar-refractivity contribution in [3.63, 3.8) is 0 Å². The number of nitrogens with zero attached hydrogens (tertiary/aromatic N) is 2. The lowest BCUT2D eigenvalue weighted by atomic mass is 10.1. The normalized spacial score (nSPS) is 10.9. The Kier molecular flexibility index (Phi) is 3.12. The monoisotopic (exact) mass is 271 g/mol. The second-order valence-corrected chi connectivity index (χ2v) is 4.48. The van der Waals surface area contributed by atoms with Gasteiger partial charge in [0.05, 0.1) is 12.8 Å². The van der Waals surface area contributed by atoms with Crippen LogP contribution in [0.3, 0.4) is 0 Å². The van der Waals surface area contributed by atoms with Crippen molar-refractivity contribution in [3.8, 4) is 17.0 Å². The molecule has 1 aromatic carbocycles. The van der Waals surface area contributed by atoms with Gasteiger partial charge in [-0.2, -0.15) is 0 Å². The molecule has 102 valence electrons. The van der Waals surface area contributed by atoms with Crippen LogP contribution in [0, 0.1) is 5.82 Å². The molecule has 0 spiro atoms. The lowest BCUT2D eigenvalue weighted by molar-refractivity contribution is 0.386. The molecule has 3 aromatic rings. The molecule has 0 amide bonds. The van der Waals surface area contributed by atoms with Crippen molar-refractivity contribution in [2.75, 3.05) is 7.11 Å². The molecule has 20 heavy (non-hydrogen) atoms. The Balaban J connectivity index is 2.07. The van der Waals surface area contributed by atoms with Gasteiger partial charge in [0.15, 0.2) is 11.6 Å². The standard InChI is InChI=1S/C15H14FN3O/c1-20-14-3-2-11(7-12(14)16)13-9-19-5-4-10(8-17)6-15(19)18-13/h2-7,9H,8,17H2,1H3. The second-order valence-electron chi connectivity index (χ2n) is 4.48. The van der Waals surface area contributed by atoms with Gasteiger partial charge in [0, 0.05) is 24.5 Å². The Bertz CT molecular complexity index is 767. The Morgan fingerprint density at radius 3 is 2.85 bits per heavy atom. The number of aromatic nitrogens is 2. The number of benzene rings is 1. The molecular formula is C15H14FN3O. The van der Waals surface area contributed by atoms with E-state index in [2.05, 4.69) is 4.98 Å². The Morgan fingerprint density at radius 2 is 2.15 bits per heavy atom. The number of rotatable bonds is 3. The highest BCUT2D eigenvalue weighted by molar-refractivity contribution is 5.63. The summed E-state index contributed by atoms with van der Waals surface area (Å²) in [6.07, 6.45) is 3.75. The molecule has 5 heteroatoms. The largest absolute Gasteiger partial charge is 0.494 e. The van der Waals surface area contributed by atoms with Crippen LogP contribution in [0.15, 0.2) is 42.7 Å². The van der Waals surface area contributed by atoms with Crippen molar-refractivity contribution in [1.82, 2.24) is 9.38 Å². The maximum atomic E-state index is 13.7. The van der Waals surface area contributed by atoms with Crippen molar-refractivity contribution >= 4 is 5.65 Å². The minimum absolute atomic E-state index is 0.225. The number of hydrogen-bond acceptors (Lipinski definition) is 3. The van der Waals surface area contributed by atoms with Crippen molar-refractivity contribution in [2.45, 2.75) is 6.54 Å². The van der Waals surface area contributed by atoms with E-state index in [1.54, 1.807) is 12.1 Å². The van der Waals surface area contributed by atoms with E-state index in [1.807, 2.05) is 28.9 Å². The maximum absolute atomic E-state index is 13.7. The van der Waals surface area contributed by atoms with Gasteiger partial charge in [0.2, 0.25) is 0 Å². The zero-order chi connectivity index (χ0) is 14.1. The van der Waals surface area contributed by atoms with Crippen LogP contribution in [0.25, 0.3) is 16.9 Å². The molecule has 2 heterocycles. The first-order chi connectivity index (χ1) is 9.71. The molecule has 0 atom stereocenters. The quantitative estimate of drug-likeness (QED) is 0.796. The van der Waals surface area contributed by atoms with Crippen LogP contribution in [0.2, 0.25) is 0 Å². The highest BCUT2D eigenvalue weighted by Crippen LogP contribution is 2.25. The fraction of sp³-hybridized carbons (Fsp3) is 0.133. The summed E-state index contributed by atoms with van der Waals surface area (Å²) in [5, 5.41) is 0. The summed E-state index contributed by atoms with van der Waals surface area (Å²) in [5.74, 6) is -0.173. The van der Waals surface area contributed by atoms with E-state index in [-0.39, 0.29) is 5.75 Å². The fourth-order valence-electron chi connectivity index (χ4n) is 2.12. The molecule has 0 saturated carbocycles. The van der Waals surface area contributed by atoms with E-state index in [0.717, 1.165) is 11.2 Å². The Labute approximate surface area is 115 Å². The van der Waals surface area contributed by atoms with E-state index in [9.17, 15) is 4.39 Å². The third-order valence-electron chi connectivity index (χ3n) is 3.21. The van der Waals surface area contributed by atoms with Crippen LogP contribution >= 0.6 is 0 Å². The average molecular weight is 271 g/mol. The number of imidazole rings is 1. The number of ether oxygens (including phenoxy) is 1. The minimum Gasteiger partial charge on any atom is -0.494 e. The van der Waals surface area contributed by atoms with Crippen molar-refractivity contribution in [1.29, 1.82) is 0 Å². The smallest absolute Gasteiger partial charge is 0.165 e. The third kappa shape index (κ3) is 2.12. The van der Waals surface area contributed by atoms with Gasteiger partial charge in [-0.3, -0.25) is 0 Å². The number of fused-ring (bicyclic) bond motifs is 1. The minimum atomic E-state index is -0.398. The van der Waals surface area contributed by atoms with Gasteiger partial charge in [0.1, 0.15) is 5.65 Å². The van der Waals surface area contributed by atoms with Gasteiger partial charge in [-0.1, -0.05) is 0 Å². The van der Waals surface area contributed by atoms with Crippen LogP contribution in [0.1, 0.15) is 5.56 Å². The maximum Gasteiger partial charge on any atom is 0.165 e. The van der Waals surface area contributed by atoms with Crippen LogP contribution in [0.5, 0.6) is 5.75 Å². The van der Waals surface area contributed by atoms with Crippen LogP contribution in [-0.2, 0) is 6.54 Å². The molecular weight excluding hydrogens is 257 g/mol. The second kappa shape index (κ2) is 4.94. The molecule has 3 rings (SSSR count). The van der Waals surface area contributed by atoms with Crippen molar-refractivity contribution in [3.05, 3.63) is 54.1 Å². The molecule has 4 nitrogen and oxygen atoms in total. The Morgan fingerprint density at radius 1 is 1.30 bits per heavy atom. The predicted octanol–water partition coefficient (Wildman–Crippen LogP) is 2.61. The molecule has 0 fully saturated rings. The van der Waals surface area contributed by atoms with Gasteiger partial charge in [-0.15, -0.1) is 0 Å². The summed E-state index contributed by atoms with van der Waals surface area (Å²) in [6, 6.07) is 8.66. The third-order valence-corrected chi connectivity index (χ3v) is 3.21. The average Bonchev–Trinajstić information content (AvgIpc) is 2.89. The lowest BCUT2D eigenvalue weighted by Crippen LogP contribution is -1.96. The highest BCUT2D eigenvalue weighted by Gasteiger charge is 2.08. The van der Waals surface area contributed by atoms with E-state index >= 15 is 0 Å². The molecule has 2 N–H and O–H groups in total. The van der Waals surface area contributed by atoms with Crippen molar-refractivity contribution < 1.29 is 9.13 Å². The van der Waals surface area contributed by atoms with Gasteiger partial charge in [-0.25, -0.2) is 9.37 Å². The SMILES string of the molecule is COc1ccc(-c2cn3ccc(CN)cc3n2)cc1F. The zero-order valence-corrected chi connectivity index (χ0v) is 11.0. The summed E-state index contributed by atoms with van der Waals surface area (Å²) in [6.45, 7) is 0.468. The summed E-state index contributed by atoms with van der Waals surface area (Å²) in [4.78, 5) is 4.49. The molecule has 0 aliphatic carbocycles. The van der Waals surface area contributed by atoms with Crippen LogP contribution in [-0.4, -0.2) is 16.5 Å². The first-order valence-corrected chi connectivity index (χ1v) is 6.23. The summed E-state index contributed by atoms with van der Waals surface area (Å²) < 4.78 is 20.5. The molecule has 0 radical (unpaired) electrons. The fourth-order valence-corrected chi connectivity index (χ4v) is 2.12. The van der Waals surface area contributed by atoms with Gasteiger partial charge >= 0.3 is 0 Å². The number of halogens is 1. The highest BCUT2D eigenvalue weighted by atomic mass is 19.1. The summed E-state index contributed by atoms with van der Waals surface area (Å²) in [7, 11) is 1.44. The molecule has 2 aromatic heterocycles. The van der Waals surface area contributed by atoms with Crippen LogP contribution < -0.4 is 10.5 Å². The van der Waals surface area contributed by atoms with Gasteiger partial charge in [-0.05, 0) is 35.9 Å². The lowest BCUT2D eigenvalue weighted by Gasteiger charge is -2.02. The topological polar surface area (TPSA) is 52.5 Å². The molecule has 0 aliphatic heterocycles. The van der Waals surface area contributed by atoms with Crippen LogP contribution in [0.4, 0.5) is 4.39 Å². The number of methoxy groups -OCH3 is 1. The van der Waals surface area contributed by atoms with Crippen molar-refractivity contribution in [2.24, 2.45) is 5.73 Å². The van der Waals surface area contributed by atoms with E-state index in [4.69, 9.17) is 10.5 Å². The van der Waals surface area contributed by atoms with E-state index in [1.165, 1.54) is 13.2 Å². The number of pyridine rings is 1. The number of nitrogens with two attached hydrogens (primary N) is 1. The predicted molar refractivity (Wildman–Crippen MR) is 75.0 cm³/mol. The summed E-state index contributed by atoms with van der Waals surface area (Å²) in [5.41, 5.74) is 8.83. The first-order valence-electron chi connectivity index (χ1n) is 6.23. The number of hydrogen-bond donors (Lipinski definition) is 1. The summed E-state index contributed by atoms with van der Waals surface area (Å²) >= 11 is 0. The molecule has 0 aliphatic rings. The molecule has 0 bridgehead atoms. The van der Waals surface area contributed by atoms with Gasteiger partial charge in [0.25, 0.3) is 0 Å². The zero-order valence-electron chi connectivity index (χ0n) is 11.0. The van der Waals surface area contributed by atoms with E-state index < -0.39 is 5.82 Å². The molecule has 0 saturated heterocycles.